The first-order valence-electron chi connectivity index (χ1n) is 8.60. The average Bonchev–Trinajstić information content (AvgIpc) is 3.12. The molecule has 8 heteroatoms. The zero-order valence-electron chi connectivity index (χ0n) is 15.4. The van der Waals surface area contributed by atoms with Crippen molar-refractivity contribution in [3.63, 3.8) is 0 Å². The van der Waals surface area contributed by atoms with Gasteiger partial charge in [0.1, 0.15) is 5.75 Å². The van der Waals surface area contributed by atoms with Crippen molar-refractivity contribution >= 4 is 18.3 Å². The first-order valence-corrected chi connectivity index (χ1v) is 8.60. The topological polar surface area (TPSA) is 72.3 Å². The molecular weight excluding hydrogens is 354 g/mol. The van der Waals surface area contributed by atoms with Gasteiger partial charge in [-0.1, -0.05) is 17.3 Å². The van der Waals surface area contributed by atoms with Crippen LogP contribution in [0.4, 0.5) is 0 Å². The SMILES string of the molecule is COc1ccc(CN(C)C(=O)c2cn(C3CCNCC3)nn2)cc1C.Cl. The van der Waals surface area contributed by atoms with E-state index in [0.29, 0.717) is 18.3 Å². The lowest BCUT2D eigenvalue weighted by Crippen LogP contribution is -2.29. The summed E-state index contributed by atoms with van der Waals surface area (Å²) >= 11 is 0. The molecule has 0 bridgehead atoms. The van der Waals surface area contributed by atoms with Gasteiger partial charge in [-0.25, -0.2) is 4.68 Å². The molecule has 1 fully saturated rings. The summed E-state index contributed by atoms with van der Waals surface area (Å²) < 4.78 is 7.11. The van der Waals surface area contributed by atoms with Crippen molar-refractivity contribution in [1.29, 1.82) is 0 Å². The maximum atomic E-state index is 12.6. The Kier molecular flexibility index (Phi) is 6.99. The summed E-state index contributed by atoms with van der Waals surface area (Å²) in [6.45, 7) is 4.47. The van der Waals surface area contributed by atoms with E-state index < -0.39 is 0 Å². The molecule has 3 rings (SSSR count). The Morgan fingerprint density at radius 2 is 2.12 bits per heavy atom. The maximum absolute atomic E-state index is 12.6. The molecule has 7 nitrogen and oxygen atoms in total. The average molecular weight is 380 g/mol. The molecule has 26 heavy (non-hydrogen) atoms. The fourth-order valence-corrected chi connectivity index (χ4v) is 3.20. The first-order chi connectivity index (χ1) is 12.1. The Morgan fingerprint density at radius 1 is 1.38 bits per heavy atom. The van der Waals surface area contributed by atoms with Crippen molar-refractivity contribution < 1.29 is 9.53 Å². The molecule has 2 heterocycles. The summed E-state index contributed by atoms with van der Waals surface area (Å²) in [6, 6.07) is 6.26. The molecule has 1 aliphatic heterocycles. The monoisotopic (exact) mass is 379 g/mol. The van der Waals surface area contributed by atoms with Crippen LogP contribution in [0, 0.1) is 6.92 Å². The number of rotatable bonds is 5. The van der Waals surface area contributed by atoms with Crippen LogP contribution in [0.25, 0.3) is 0 Å². The van der Waals surface area contributed by atoms with E-state index >= 15 is 0 Å². The summed E-state index contributed by atoms with van der Waals surface area (Å²) in [4.78, 5) is 14.3. The molecule has 1 aliphatic rings. The third-order valence-corrected chi connectivity index (χ3v) is 4.64. The lowest BCUT2D eigenvalue weighted by atomic mass is 10.1. The lowest BCUT2D eigenvalue weighted by molar-refractivity contribution is 0.0779. The molecule has 1 N–H and O–H groups in total. The van der Waals surface area contributed by atoms with E-state index in [0.717, 1.165) is 42.8 Å². The molecule has 0 unspecified atom stereocenters. The van der Waals surface area contributed by atoms with Gasteiger partial charge in [0.25, 0.3) is 5.91 Å². The van der Waals surface area contributed by atoms with E-state index in [4.69, 9.17) is 4.74 Å². The zero-order valence-corrected chi connectivity index (χ0v) is 16.3. The van der Waals surface area contributed by atoms with Crippen molar-refractivity contribution in [3.05, 3.63) is 41.2 Å². The summed E-state index contributed by atoms with van der Waals surface area (Å²) in [6.07, 6.45) is 3.80. The van der Waals surface area contributed by atoms with Crippen molar-refractivity contribution in [2.75, 3.05) is 27.2 Å². The molecule has 0 radical (unpaired) electrons. The Balaban J connectivity index is 0.00000243. The van der Waals surface area contributed by atoms with Gasteiger partial charge >= 0.3 is 0 Å². The summed E-state index contributed by atoms with van der Waals surface area (Å²) in [7, 11) is 3.44. The van der Waals surface area contributed by atoms with Gasteiger partial charge < -0.3 is 15.0 Å². The number of hydrogen-bond acceptors (Lipinski definition) is 5. The number of halogens is 1. The third-order valence-electron chi connectivity index (χ3n) is 4.64. The molecule has 1 saturated heterocycles. The van der Waals surface area contributed by atoms with Crippen LogP contribution in [0.5, 0.6) is 5.75 Å². The van der Waals surface area contributed by atoms with Gasteiger partial charge in [-0.05, 0) is 50.0 Å². The van der Waals surface area contributed by atoms with Crippen molar-refractivity contribution in [3.8, 4) is 5.75 Å². The molecule has 0 saturated carbocycles. The van der Waals surface area contributed by atoms with Crippen LogP contribution in [-0.2, 0) is 6.54 Å². The van der Waals surface area contributed by atoms with E-state index in [1.807, 2.05) is 29.8 Å². The Hall–Kier alpha value is -2.12. The number of ether oxygens (including phenoxy) is 1. The number of carbonyl (C=O) groups excluding carboxylic acids is 1. The number of aryl methyl sites for hydroxylation is 1. The molecule has 0 atom stereocenters. The zero-order chi connectivity index (χ0) is 17.8. The minimum Gasteiger partial charge on any atom is -0.496 e. The van der Waals surface area contributed by atoms with Crippen LogP contribution < -0.4 is 10.1 Å². The summed E-state index contributed by atoms with van der Waals surface area (Å²) in [5.41, 5.74) is 2.50. The second-order valence-corrected chi connectivity index (χ2v) is 6.53. The molecule has 1 amide bonds. The Bertz CT molecular complexity index is 743. The fourth-order valence-electron chi connectivity index (χ4n) is 3.20. The number of aromatic nitrogens is 3. The summed E-state index contributed by atoms with van der Waals surface area (Å²) in [5.74, 6) is 0.733. The predicted molar refractivity (Wildman–Crippen MR) is 102 cm³/mol. The Morgan fingerprint density at radius 3 is 2.77 bits per heavy atom. The molecule has 0 aliphatic carbocycles. The van der Waals surface area contributed by atoms with Crippen LogP contribution in [0.15, 0.2) is 24.4 Å². The van der Waals surface area contributed by atoms with E-state index in [-0.39, 0.29) is 18.3 Å². The minimum absolute atomic E-state index is 0. The largest absolute Gasteiger partial charge is 0.496 e. The second-order valence-electron chi connectivity index (χ2n) is 6.53. The molecule has 142 valence electrons. The van der Waals surface area contributed by atoms with Gasteiger partial charge in [0.2, 0.25) is 0 Å². The van der Waals surface area contributed by atoms with Crippen molar-refractivity contribution in [2.24, 2.45) is 0 Å². The summed E-state index contributed by atoms with van der Waals surface area (Å²) in [5, 5.41) is 11.6. The second kappa shape index (κ2) is 9.00. The normalized spacial score (nSPS) is 14.6. The van der Waals surface area contributed by atoms with Gasteiger partial charge in [0.05, 0.1) is 19.3 Å². The van der Waals surface area contributed by atoms with E-state index in [2.05, 4.69) is 15.6 Å². The van der Waals surface area contributed by atoms with Crippen LogP contribution in [0.1, 0.15) is 40.5 Å². The van der Waals surface area contributed by atoms with E-state index in [1.54, 1.807) is 25.3 Å². The van der Waals surface area contributed by atoms with Gasteiger partial charge in [-0.15, -0.1) is 17.5 Å². The lowest BCUT2D eigenvalue weighted by Gasteiger charge is -2.22. The number of nitrogens with zero attached hydrogens (tertiary/aromatic N) is 4. The van der Waals surface area contributed by atoms with Crippen LogP contribution >= 0.6 is 12.4 Å². The maximum Gasteiger partial charge on any atom is 0.276 e. The number of piperidine rings is 1. The van der Waals surface area contributed by atoms with Crippen molar-refractivity contribution in [1.82, 2.24) is 25.2 Å². The number of methoxy groups -OCH3 is 1. The minimum atomic E-state index is -0.117. The molecule has 1 aromatic carbocycles. The van der Waals surface area contributed by atoms with Gasteiger partial charge in [-0.3, -0.25) is 4.79 Å². The van der Waals surface area contributed by atoms with Gasteiger partial charge in [0, 0.05) is 13.6 Å². The van der Waals surface area contributed by atoms with Crippen LogP contribution in [-0.4, -0.2) is 53.0 Å². The first kappa shape index (κ1) is 20.2. The predicted octanol–water partition coefficient (Wildman–Crippen LogP) is 2.21. The van der Waals surface area contributed by atoms with Gasteiger partial charge in [-0.2, -0.15) is 0 Å². The van der Waals surface area contributed by atoms with E-state index in [1.165, 1.54) is 0 Å². The highest BCUT2D eigenvalue weighted by Crippen LogP contribution is 2.20. The smallest absolute Gasteiger partial charge is 0.276 e. The highest BCUT2D eigenvalue weighted by molar-refractivity contribution is 5.91. The van der Waals surface area contributed by atoms with Crippen LogP contribution in [0.3, 0.4) is 0 Å². The van der Waals surface area contributed by atoms with Gasteiger partial charge in [0.15, 0.2) is 5.69 Å². The van der Waals surface area contributed by atoms with Crippen molar-refractivity contribution in [2.45, 2.75) is 32.4 Å². The third kappa shape index (κ3) is 4.53. The molecule has 2 aromatic rings. The molecule has 1 aromatic heterocycles. The number of carbonyl (C=O) groups is 1. The highest BCUT2D eigenvalue weighted by Gasteiger charge is 2.20. The van der Waals surface area contributed by atoms with E-state index in [9.17, 15) is 4.79 Å². The molecular formula is C18H26ClN5O2. The molecule has 0 spiro atoms. The Labute approximate surface area is 160 Å². The fraction of sp³-hybridized carbons (Fsp3) is 0.500. The highest BCUT2D eigenvalue weighted by atomic mass is 35.5. The number of hydrogen-bond donors (Lipinski definition) is 1. The number of nitrogens with one attached hydrogen (secondary N) is 1. The standard InChI is InChI=1S/C18H25N5O2.ClH/c1-13-10-14(4-5-17(13)25-3)11-22(2)18(24)16-12-23(21-20-16)15-6-8-19-9-7-15;/h4-5,10,12,15,19H,6-9,11H2,1-3H3;1H. The quantitative estimate of drug-likeness (QED) is 0.862. The number of amides is 1. The number of benzene rings is 1. The van der Waals surface area contributed by atoms with Crippen LogP contribution in [0.2, 0.25) is 0 Å².